The minimum Gasteiger partial charge on any atom is -0.264 e. The number of rotatable bonds is 3. The van der Waals surface area contributed by atoms with Crippen LogP contribution < -0.4 is 5.14 Å². The number of nitrogens with one attached hydrogen (secondary N) is 1. The molecule has 0 radical (unpaired) electrons. The average Bonchev–Trinajstić information content (AvgIpc) is 3.23. The van der Waals surface area contributed by atoms with Crippen LogP contribution >= 0.6 is 11.3 Å². The van der Waals surface area contributed by atoms with Gasteiger partial charge in [0, 0.05) is 38.5 Å². The van der Waals surface area contributed by atoms with Crippen LogP contribution in [0.4, 0.5) is 0 Å². The topological polar surface area (TPSA) is 110 Å². The lowest BCUT2D eigenvalue weighted by molar-refractivity contribution is 0.684. The highest BCUT2D eigenvalue weighted by molar-refractivity contribution is 7.82. The lowest BCUT2D eigenvalue weighted by atomic mass is 10.1. The molecule has 9 heteroatoms. The van der Waals surface area contributed by atoms with Crippen LogP contribution in [0, 0.1) is 0 Å². The van der Waals surface area contributed by atoms with Gasteiger partial charge in [0.15, 0.2) is 0 Å². The molecule has 0 aliphatic heterocycles. The number of hydrogen-bond acceptors (Lipinski definition) is 6. The number of benzene rings is 1. The zero-order valence-electron chi connectivity index (χ0n) is 11.6. The first-order valence-corrected chi connectivity index (χ1v) is 8.64. The second-order valence-electron chi connectivity index (χ2n) is 4.74. The van der Waals surface area contributed by atoms with Crippen molar-refractivity contribution in [2.75, 3.05) is 0 Å². The standard InChI is InChI=1S/C14H10N6OS2/c15-23(21)12-3-1-2-9(13(12)14-17-19-20-18-14)11-6-8-7-16-5-4-10(8)22-11/h1-7H,15H2,(H,17,18,19,20). The number of aromatic amines is 1. The summed E-state index contributed by atoms with van der Waals surface area (Å²) in [5.74, 6) is 0.366. The number of hydrogen-bond donors (Lipinski definition) is 2. The van der Waals surface area contributed by atoms with Crippen molar-refractivity contribution in [2.24, 2.45) is 5.14 Å². The van der Waals surface area contributed by atoms with Gasteiger partial charge >= 0.3 is 0 Å². The van der Waals surface area contributed by atoms with Crippen LogP contribution in [-0.2, 0) is 11.0 Å². The van der Waals surface area contributed by atoms with Crippen molar-refractivity contribution in [1.82, 2.24) is 25.6 Å². The number of H-pyrrole nitrogens is 1. The molecule has 0 amide bonds. The maximum Gasteiger partial charge on any atom is 0.206 e. The van der Waals surface area contributed by atoms with Gasteiger partial charge in [-0.2, -0.15) is 5.21 Å². The largest absolute Gasteiger partial charge is 0.264 e. The van der Waals surface area contributed by atoms with Gasteiger partial charge in [-0.1, -0.05) is 12.1 Å². The summed E-state index contributed by atoms with van der Waals surface area (Å²) < 4.78 is 13.0. The fraction of sp³-hybridized carbons (Fsp3) is 0. The summed E-state index contributed by atoms with van der Waals surface area (Å²) in [6, 6.07) is 9.46. The van der Waals surface area contributed by atoms with E-state index in [0.717, 1.165) is 20.5 Å². The number of pyridine rings is 1. The second-order valence-corrected chi connectivity index (χ2v) is 6.85. The van der Waals surface area contributed by atoms with Crippen molar-refractivity contribution >= 4 is 32.4 Å². The van der Waals surface area contributed by atoms with E-state index in [1.165, 1.54) is 0 Å². The molecule has 23 heavy (non-hydrogen) atoms. The molecule has 0 aliphatic carbocycles. The molecular formula is C14H10N6OS2. The Labute approximate surface area is 137 Å². The maximum absolute atomic E-state index is 11.9. The SMILES string of the molecule is NS(=O)c1cccc(-c2cc3cnccc3s2)c1-c1nn[nH]n1. The van der Waals surface area contributed by atoms with Crippen LogP contribution in [0.1, 0.15) is 0 Å². The van der Waals surface area contributed by atoms with Crippen LogP contribution in [0.15, 0.2) is 47.6 Å². The molecule has 0 spiro atoms. The van der Waals surface area contributed by atoms with E-state index >= 15 is 0 Å². The number of aromatic nitrogens is 5. The lowest BCUT2D eigenvalue weighted by Crippen LogP contribution is -2.05. The lowest BCUT2D eigenvalue weighted by Gasteiger charge is -2.08. The quantitative estimate of drug-likeness (QED) is 0.592. The smallest absolute Gasteiger partial charge is 0.206 e. The van der Waals surface area contributed by atoms with E-state index in [0.29, 0.717) is 16.3 Å². The third kappa shape index (κ3) is 2.44. The number of nitrogens with zero attached hydrogens (tertiary/aromatic N) is 4. The molecule has 0 saturated heterocycles. The van der Waals surface area contributed by atoms with E-state index in [-0.39, 0.29) is 0 Å². The number of tetrazole rings is 1. The van der Waals surface area contributed by atoms with E-state index in [2.05, 4.69) is 25.6 Å². The Bertz CT molecular complexity index is 978. The van der Waals surface area contributed by atoms with Crippen molar-refractivity contribution < 1.29 is 4.21 Å². The van der Waals surface area contributed by atoms with E-state index in [9.17, 15) is 4.21 Å². The monoisotopic (exact) mass is 342 g/mol. The predicted octanol–water partition coefficient (Wildman–Crippen LogP) is 2.12. The summed E-state index contributed by atoms with van der Waals surface area (Å²) in [6.45, 7) is 0. The minimum absolute atomic E-state index is 0.366. The Morgan fingerprint density at radius 2 is 2.17 bits per heavy atom. The van der Waals surface area contributed by atoms with Gasteiger partial charge in [-0.3, -0.25) is 4.98 Å². The molecular weight excluding hydrogens is 332 g/mol. The second kappa shape index (κ2) is 5.61. The Morgan fingerprint density at radius 3 is 2.91 bits per heavy atom. The highest BCUT2D eigenvalue weighted by Gasteiger charge is 2.19. The zero-order chi connectivity index (χ0) is 15.8. The summed E-state index contributed by atoms with van der Waals surface area (Å²) in [6.07, 6.45) is 3.57. The van der Waals surface area contributed by atoms with Gasteiger partial charge in [-0.25, -0.2) is 9.35 Å². The van der Waals surface area contributed by atoms with Crippen LogP contribution in [0.2, 0.25) is 0 Å². The first-order valence-electron chi connectivity index (χ1n) is 6.61. The van der Waals surface area contributed by atoms with E-state index in [1.807, 2.05) is 30.5 Å². The maximum atomic E-state index is 11.9. The summed E-state index contributed by atoms with van der Waals surface area (Å²) in [5.41, 5.74) is 1.49. The predicted molar refractivity (Wildman–Crippen MR) is 88.8 cm³/mol. The third-order valence-corrected chi connectivity index (χ3v) is 5.32. The number of nitrogens with two attached hydrogens (primary N) is 1. The normalized spacial score (nSPS) is 12.6. The minimum atomic E-state index is -1.66. The van der Waals surface area contributed by atoms with Gasteiger partial charge in [0.05, 0.1) is 4.90 Å². The van der Waals surface area contributed by atoms with Gasteiger partial charge < -0.3 is 0 Å². The van der Waals surface area contributed by atoms with Gasteiger partial charge in [-0.15, -0.1) is 21.5 Å². The third-order valence-electron chi connectivity index (χ3n) is 3.39. The highest BCUT2D eigenvalue weighted by atomic mass is 32.2. The van der Waals surface area contributed by atoms with Crippen LogP contribution in [0.25, 0.3) is 31.9 Å². The van der Waals surface area contributed by atoms with Gasteiger partial charge in [0.25, 0.3) is 0 Å². The molecule has 1 atom stereocenters. The average molecular weight is 342 g/mol. The Balaban J connectivity index is 2.01. The molecule has 7 nitrogen and oxygen atoms in total. The van der Waals surface area contributed by atoms with Crippen molar-refractivity contribution in [3.05, 3.63) is 42.7 Å². The van der Waals surface area contributed by atoms with Crippen molar-refractivity contribution in [1.29, 1.82) is 0 Å². The molecule has 0 fully saturated rings. The highest BCUT2D eigenvalue weighted by Crippen LogP contribution is 2.39. The fourth-order valence-corrected chi connectivity index (χ4v) is 4.10. The molecule has 0 bridgehead atoms. The molecule has 114 valence electrons. The van der Waals surface area contributed by atoms with Crippen molar-refractivity contribution in [3.8, 4) is 21.8 Å². The van der Waals surface area contributed by atoms with Gasteiger partial charge in [0.2, 0.25) is 5.82 Å². The van der Waals surface area contributed by atoms with E-state index in [1.54, 1.807) is 23.6 Å². The molecule has 0 aliphatic rings. The molecule has 1 unspecified atom stereocenters. The first kappa shape index (κ1) is 14.1. The van der Waals surface area contributed by atoms with E-state index < -0.39 is 11.0 Å². The number of thiophene rings is 1. The Morgan fingerprint density at radius 1 is 1.26 bits per heavy atom. The molecule has 1 aromatic carbocycles. The summed E-state index contributed by atoms with van der Waals surface area (Å²) in [7, 11) is -1.66. The van der Waals surface area contributed by atoms with Gasteiger partial charge in [-0.05, 0) is 23.4 Å². The van der Waals surface area contributed by atoms with Gasteiger partial charge in [0.1, 0.15) is 11.0 Å². The molecule has 3 aromatic heterocycles. The summed E-state index contributed by atoms with van der Waals surface area (Å²) in [5, 5.41) is 20.7. The Hall–Kier alpha value is -2.49. The molecule has 4 aromatic rings. The molecule has 0 saturated carbocycles. The van der Waals surface area contributed by atoms with Crippen LogP contribution in [-0.4, -0.2) is 29.8 Å². The van der Waals surface area contributed by atoms with Crippen molar-refractivity contribution in [3.63, 3.8) is 0 Å². The molecule has 4 rings (SSSR count). The zero-order valence-corrected chi connectivity index (χ0v) is 13.3. The number of fused-ring (bicyclic) bond motifs is 1. The molecule has 3 N–H and O–H groups in total. The molecule has 3 heterocycles. The first-order chi connectivity index (χ1) is 11.2. The van der Waals surface area contributed by atoms with Crippen LogP contribution in [0.5, 0.6) is 0 Å². The summed E-state index contributed by atoms with van der Waals surface area (Å²) >= 11 is 1.62. The van der Waals surface area contributed by atoms with Crippen LogP contribution in [0.3, 0.4) is 0 Å². The van der Waals surface area contributed by atoms with Crippen molar-refractivity contribution in [2.45, 2.75) is 4.90 Å². The summed E-state index contributed by atoms with van der Waals surface area (Å²) in [4.78, 5) is 5.61. The Kier molecular flexibility index (Phi) is 3.45. The fourth-order valence-electron chi connectivity index (χ4n) is 2.42. The van der Waals surface area contributed by atoms with E-state index in [4.69, 9.17) is 5.14 Å².